The zero-order chi connectivity index (χ0) is 34.0. The normalized spacial score (nSPS) is 19.5. The van der Waals surface area contributed by atoms with Crippen LogP contribution in [-0.2, 0) is 11.3 Å². The van der Waals surface area contributed by atoms with Crippen LogP contribution in [-0.4, -0.2) is 33.4 Å². The highest BCUT2D eigenvalue weighted by atomic mass is 16.2. The SMILES string of the molecule is C=CC.CC.CC1CC1.CCC.CCN1Cc2cnc(C)nc2N(c2cccc(NC(=O)/C=C/CC3CC(C)(CC)C3)c2)C1=O.[HH]. The largest absolute Gasteiger partial charge is 0.330 e. The fraction of sp³-hybridized carbons (Fsp3) is 0.579. The maximum atomic E-state index is 13.2. The summed E-state index contributed by atoms with van der Waals surface area (Å²) in [6.07, 6.45) is 16.0. The van der Waals surface area contributed by atoms with Crippen molar-refractivity contribution in [1.29, 1.82) is 0 Å². The fourth-order valence-corrected chi connectivity index (χ4v) is 5.00. The lowest BCUT2D eigenvalue weighted by molar-refractivity contribution is -0.111. The van der Waals surface area contributed by atoms with Gasteiger partial charge >= 0.3 is 6.03 Å². The predicted octanol–water partition coefficient (Wildman–Crippen LogP) is 10.9. The number of benzene rings is 1. The summed E-state index contributed by atoms with van der Waals surface area (Å²) in [7, 11) is 0. The number of nitrogens with zero attached hydrogens (tertiary/aromatic N) is 4. The van der Waals surface area contributed by atoms with E-state index in [1.54, 1.807) is 28.1 Å². The van der Waals surface area contributed by atoms with Crippen LogP contribution in [0.5, 0.6) is 0 Å². The van der Waals surface area contributed by atoms with Gasteiger partial charge in [0.2, 0.25) is 5.91 Å². The van der Waals surface area contributed by atoms with E-state index >= 15 is 0 Å². The topological polar surface area (TPSA) is 78.4 Å². The lowest BCUT2D eigenvalue weighted by Crippen LogP contribution is -2.45. The van der Waals surface area contributed by atoms with Gasteiger partial charge in [0.15, 0.2) is 0 Å². The number of rotatable bonds is 7. The van der Waals surface area contributed by atoms with Gasteiger partial charge in [0, 0.05) is 25.4 Å². The third-order valence-corrected chi connectivity index (χ3v) is 7.77. The molecule has 1 aliphatic heterocycles. The van der Waals surface area contributed by atoms with Gasteiger partial charge in [-0.3, -0.25) is 4.79 Å². The zero-order valence-electron chi connectivity index (χ0n) is 29.9. The molecule has 2 aliphatic carbocycles. The summed E-state index contributed by atoms with van der Waals surface area (Å²) in [5, 5.41) is 2.92. The highest BCUT2D eigenvalue weighted by Crippen LogP contribution is 2.49. The van der Waals surface area contributed by atoms with Gasteiger partial charge in [-0.15, -0.1) is 6.58 Å². The van der Waals surface area contributed by atoms with E-state index in [1.807, 2.05) is 65.0 Å². The molecule has 7 heteroatoms. The maximum absolute atomic E-state index is 13.2. The standard InChI is InChI=1S/C26H33N5O2.C4H8.C3H8.C3H6.C2H6.H2/c1-5-26(4)14-19(15-26)9-7-12-23(32)29-21-10-8-11-22(13-21)31-24-20(16-27-18(3)28-24)17-30(6-2)25(31)33;1-4-2-3-4;2*1-3-2;1-2;/h7-8,10-13,16,19H,5-6,9,14-15,17H2,1-4H3,(H,29,32);4H,2-3H2,1H3;3H2,1-2H3;3H,1H2,2H3;1-2H3;1H/b12-7+;;;;;. The van der Waals surface area contributed by atoms with Crippen LogP contribution in [0.1, 0.15) is 120 Å². The van der Waals surface area contributed by atoms with Crippen LogP contribution < -0.4 is 10.2 Å². The molecule has 0 atom stereocenters. The molecule has 0 bridgehead atoms. The number of carbonyl (C=O) groups excluding carboxylic acids is 2. The molecule has 2 aromatic rings. The monoisotopic (exact) mass is 621 g/mol. The first-order valence-corrected chi connectivity index (χ1v) is 17.1. The Kier molecular flexibility index (Phi) is 18.0. The molecule has 2 heterocycles. The van der Waals surface area contributed by atoms with E-state index in [-0.39, 0.29) is 13.4 Å². The van der Waals surface area contributed by atoms with Crippen molar-refractivity contribution in [3.8, 4) is 0 Å². The highest BCUT2D eigenvalue weighted by molar-refractivity contribution is 6.03. The molecule has 1 aromatic carbocycles. The van der Waals surface area contributed by atoms with Gasteiger partial charge in [0.1, 0.15) is 11.6 Å². The second-order valence-electron chi connectivity index (χ2n) is 12.3. The number of nitrogens with one attached hydrogen (secondary N) is 1. The number of hydrogen-bond donors (Lipinski definition) is 1. The molecular formula is C38H63N5O2. The molecule has 1 aromatic heterocycles. The molecule has 0 radical (unpaired) electrons. The molecule has 0 unspecified atom stereocenters. The van der Waals surface area contributed by atoms with E-state index in [2.05, 4.69) is 56.5 Å². The summed E-state index contributed by atoms with van der Waals surface area (Å²) in [6.45, 7) is 25.2. The third kappa shape index (κ3) is 13.2. The first-order valence-electron chi connectivity index (χ1n) is 17.1. The minimum absolute atomic E-state index is 0. The van der Waals surface area contributed by atoms with E-state index in [1.165, 1.54) is 38.5 Å². The Morgan fingerprint density at radius 3 is 2.31 bits per heavy atom. The van der Waals surface area contributed by atoms with Crippen LogP contribution >= 0.6 is 0 Å². The molecule has 0 spiro atoms. The number of amides is 3. The smallest absolute Gasteiger partial charge is 0.322 e. The molecule has 252 valence electrons. The molecule has 7 nitrogen and oxygen atoms in total. The third-order valence-electron chi connectivity index (χ3n) is 7.77. The van der Waals surface area contributed by atoms with E-state index in [0.717, 1.165) is 17.9 Å². The molecule has 1 N–H and O–H groups in total. The van der Waals surface area contributed by atoms with Crippen molar-refractivity contribution in [3.63, 3.8) is 0 Å². The van der Waals surface area contributed by atoms with Gasteiger partial charge < -0.3 is 10.2 Å². The molecule has 0 saturated heterocycles. The Bertz CT molecular complexity index is 1220. The maximum Gasteiger partial charge on any atom is 0.330 e. The molecule has 2 saturated carbocycles. The Morgan fingerprint density at radius 2 is 1.78 bits per heavy atom. The van der Waals surface area contributed by atoms with Gasteiger partial charge in [-0.05, 0) is 81.6 Å². The molecular weight excluding hydrogens is 558 g/mol. The van der Waals surface area contributed by atoms with Gasteiger partial charge in [0.05, 0.1) is 12.2 Å². The van der Waals surface area contributed by atoms with Gasteiger partial charge in [-0.1, -0.05) is 92.4 Å². The van der Waals surface area contributed by atoms with Crippen LogP contribution in [0.25, 0.3) is 0 Å². The Morgan fingerprint density at radius 1 is 1.18 bits per heavy atom. The minimum atomic E-state index is -0.163. The predicted molar refractivity (Wildman–Crippen MR) is 194 cm³/mol. The number of urea groups is 1. The summed E-state index contributed by atoms with van der Waals surface area (Å²) in [5.41, 5.74) is 2.68. The average Bonchev–Trinajstić information content (AvgIpc) is 3.80. The lowest BCUT2D eigenvalue weighted by Gasteiger charge is -2.44. The zero-order valence-corrected chi connectivity index (χ0v) is 29.9. The molecule has 45 heavy (non-hydrogen) atoms. The first kappa shape index (κ1) is 39.5. The number of hydrogen-bond acceptors (Lipinski definition) is 4. The quantitative estimate of drug-likeness (QED) is 0.246. The lowest BCUT2D eigenvalue weighted by atomic mass is 9.61. The summed E-state index contributed by atoms with van der Waals surface area (Å²) in [5.74, 6) is 2.81. The van der Waals surface area contributed by atoms with Crippen molar-refractivity contribution in [1.82, 2.24) is 14.9 Å². The van der Waals surface area contributed by atoms with Crippen molar-refractivity contribution >= 4 is 29.1 Å². The summed E-state index contributed by atoms with van der Waals surface area (Å²) in [4.78, 5) is 37.8. The molecule has 3 aliphatic rings. The highest BCUT2D eigenvalue weighted by Gasteiger charge is 2.37. The average molecular weight is 622 g/mol. The number of carbonyl (C=O) groups is 2. The fourth-order valence-electron chi connectivity index (χ4n) is 5.00. The van der Waals surface area contributed by atoms with Crippen LogP contribution in [0.15, 0.2) is 55.3 Å². The number of aryl methyl sites for hydroxylation is 1. The van der Waals surface area contributed by atoms with Crippen molar-refractivity contribution in [2.75, 3.05) is 16.8 Å². The van der Waals surface area contributed by atoms with Gasteiger partial charge in [-0.2, -0.15) is 0 Å². The van der Waals surface area contributed by atoms with Crippen LogP contribution in [0.4, 0.5) is 22.0 Å². The van der Waals surface area contributed by atoms with Crippen molar-refractivity contribution in [2.45, 2.75) is 121 Å². The van der Waals surface area contributed by atoms with E-state index in [0.29, 0.717) is 47.4 Å². The number of fused-ring (bicyclic) bond motifs is 1. The van der Waals surface area contributed by atoms with E-state index in [9.17, 15) is 9.59 Å². The molecule has 3 amide bonds. The van der Waals surface area contributed by atoms with E-state index in [4.69, 9.17) is 0 Å². The van der Waals surface area contributed by atoms with Crippen LogP contribution in [0, 0.1) is 24.2 Å². The first-order chi connectivity index (χ1) is 21.5. The molecule has 2 fully saturated rings. The second-order valence-corrected chi connectivity index (χ2v) is 12.3. The van der Waals surface area contributed by atoms with Gasteiger partial charge in [-0.25, -0.2) is 19.7 Å². The van der Waals surface area contributed by atoms with Gasteiger partial charge in [0.25, 0.3) is 0 Å². The summed E-state index contributed by atoms with van der Waals surface area (Å²) < 4.78 is 0. The summed E-state index contributed by atoms with van der Waals surface area (Å²) in [6, 6.07) is 7.19. The Labute approximate surface area is 276 Å². The van der Waals surface area contributed by atoms with Crippen LogP contribution in [0.2, 0.25) is 0 Å². The van der Waals surface area contributed by atoms with E-state index < -0.39 is 0 Å². The van der Waals surface area contributed by atoms with Crippen molar-refractivity contribution < 1.29 is 11.0 Å². The number of aromatic nitrogens is 2. The number of allylic oxidation sites excluding steroid dienone is 2. The minimum Gasteiger partial charge on any atom is -0.322 e. The molecule has 5 rings (SSSR count). The van der Waals surface area contributed by atoms with Crippen LogP contribution in [0.3, 0.4) is 0 Å². The van der Waals surface area contributed by atoms with Crippen molar-refractivity contribution in [3.05, 3.63) is 66.7 Å². The summed E-state index contributed by atoms with van der Waals surface area (Å²) >= 11 is 0. The Balaban J connectivity index is 0.00000134. The number of anilines is 3. The Hall–Kier alpha value is -3.48. The second kappa shape index (κ2) is 20.5. The van der Waals surface area contributed by atoms with Crippen molar-refractivity contribution in [2.24, 2.45) is 17.3 Å².